The first-order valence-corrected chi connectivity index (χ1v) is 11.9. The monoisotopic (exact) mass is 484 g/mol. The Morgan fingerprint density at radius 2 is 2.14 bits per heavy atom. The first kappa shape index (κ1) is 23.6. The number of H-pyrrole nitrogens is 1. The molecule has 3 N–H and O–H groups in total. The number of hydrogen-bond acceptors (Lipinski definition) is 5. The van der Waals surface area contributed by atoms with Crippen LogP contribution in [0.5, 0.6) is 0 Å². The van der Waals surface area contributed by atoms with Crippen LogP contribution in [0, 0.1) is 5.82 Å². The third-order valence-electron chi connectivity index (χ3n) is 6.71. The number of benzene rings is 2. The van der Waals surface area contributed by atoms with Gasteiger partial charge in [0.1, 0.15) is 11.6 Å². The van der Waals surface area contributed by atoms with E-state index in [1.807, 2.05) is 36.5 Å². The predicted octanol–water partition coefficient (Wildman–Crippen LogP) is 5.38. The van der Waals surface area contributed by atoms with E-state index in [0.29, 0.717) is 17.5 Å². The molecule has 1 amide bonds. The second-order valence-electron chi connectivity index (χ2n) is 9.19. The van der Waals surface area contributed by atoms with E-state index in [1.165, 1.54) is 18.2 Å². The van der Waals surface area contributed by atoms with Crippen LogP contribution in [0.15, 0.2) is 73.6 Å². The predicted molar refractivity (Wildman–Crippen MR) is 144 cm³/mol. The Labute approximate surface area is 209 Å². The van der Waals surface area contributed by atoms with Crippen LogP contribution in [0.1, 0.15) is 6.42 Å². The quantitative estimate of drug-likeness (QED) is 0.307. The number of nitrogens with one attached hydrogen (secondary N) is 3. The van der Waals surface area contributed by atoms with Crippen LogP contribution in [0.3, 0.4) is 0 Å². The third kappa shape index (κ3) is 4.81. The summed E-state index contributed by atoms with van der Waals surface area (Å²) in [6, 6.07) is 14.7. The molecular weight excluding hydrogens is 455 g/mol. The molecular formula is C28H29FN6O. The topological polar surface area (TPSA) is 76.3 Å². The summed E-state index contributed by atoms with van der Waals surface area (Å²) in [4.78, 5) is 24.5. The molecule has 1 aliphatic heterocycles. The lowest BCUT2D eigenvalue weighted by molar-refractivity contribution is -0.111. The molecule has 2 aromatic heterocycles. The highest BCUT2D eigenvalue weighted by Crippen LogP contribution is 2.34. The molecule has 1 fully saturated rings. The third-order valence-corrected chi connectivity index (χ3v) is 6.71. The number of amides is 1. The van der Waals surface area contributed by atoms with Crippen LogP contribution < -0.4 is 15.5 Å². The lowest BCUT2D eigenvalue weighted by atomic mass is 10.1. The van der Waals surface area contributed by atoms with Crippen molar-refractivity contribution in [2.24, 2.45) is 0 Å². The minimum absolute atomic E-state index is 0.267. The van der Waals surface area contributed by atoms with Crippen molar-refractivity contribution in [3.63, 3.8) is 0 Å². The molecule has 0 aliphatic carbocycles. The highest BCUT2D eigenvalue weighted by molar-refractivity contribution is 6.02. The van der Waals surface area contributed by atoms with Crippen molar-refractivity contribution in [3.05, 3.63) is 79.4 Å². The minimum atomic E-state index is -0.280. The largest absolute Gasteiger partial charge is 0.369 e. The Balaban J connectivity index is 1.45. The summed E-state index contributed by atoms with van der Waals surface area (Å²) >= 11 is 0. The van der Waals surface area contributed by atoms with Gasteiger partial charge in [-0.05, 0) is 68.1 Å². The smallest absolute Gasteiger partial charge is 0.247 e. The van der Waals surface area contributed by atoms with Crippen molar-refractivity contribution >= 4 is 39.7 Å². The highest BCUT2D eigenvalue weighted by Gasteiger charge is 2.25. The summed E-state index contributed by atoms with van der Waals surface area (Å²) in [7, 11) is 4.18. The first-order chi connectivity index (χ1) is 17.4. The molecule has 36 heavy (non-hydrogen) atoms. The van der Waals surface area contributed by atoms with Gasteiger partial charge < -0.3 is 25.4 Å². The van der Waals surface area contributed by atoms with Crippen LogP contribution >= 0.6 is 0 Å². The number of pyridine rings is 1. The van der Waals surface area contributed by atoms with Crippen LogP contribution in [0.25, 0.3) is 22.0 Å². The first-order valence-electron chi connectivity index (χ1n) is 11.9. The van der Waals surface area contributed by atoms with Gasteiger partial charge in [0, 0.05) is 42.5 Å². The van der Waals surface area contributed by atoms with Crippen LogP contribution in [-0.4, -0.2) is 54.0 Å². The molecule has 4 aromatic rings. The van der Waals surface area contributed by atoms with Gasteiger partial charge in [-0.1, -0.05) is 18.7 Å². The lowest BCUT2D eigenvalue weighted by Crippen LogP contribution is -2.34. The van der Waals surface area contributed by atoms with Crippen molar-refractivity contribution in [2.75, 3.05) is 42.7 Å². The number of nitrogens with zero attached hydrogens (tertiary/aromatic N) is 3. The fourth-order valence-corrected chi connectivity index (χ4v) is 4.76. The standard InChI is InChI=1S/C28H29FN6O/c1-4-28(36)33-24-13-20(8-9-26(24)35(3)21-10-11-34(2)17-21)32-27-14-22-23(15-30-25(22)16-31-27)18-6-5-7-19(29)12-18/h4-9,12-16,21,30H,1,10-11,17H2,2-3H3,(H,31,32)(H,33,36). The van der Waals surface area contributed by atoms with E-state index in [1.54, 1.807) is 12.3 Å². The molecule has 0 spiro atoms. The molecule has 2 aromatic carbocycles. The molecule has 0 radical (unpaired) electrons. The Bertz CT molecular complexity index is 1430. The zero-order valence-corrected chi connectivity index (χ0v) is 20.4. The second kappa shape index (κ2) is 9.83. The van der Waals surface area contributed by atoms with Crippen molar-refractivity contribution in [1.29, 1.82) is 0 Å². The second-order valence-corrected chi connectivity index (χ2v) is 9.19. The number of carbonyl (C=O) groups excluding carboxylic acids is 1. The summed E-state index contributed by atoms with van der Waals surface area (Å²) in [6.07, 6.45) is 5.94. The molecule has 8 heteroatoms. The summed E-state index contributed by atoms with van der Waals surface area (Å²) in [5, 5.41) is 7.23. The van der Waals surface area contributed by atoms with E-state index in [2.05, 4.69) is 51.1 Å². The number of carbonyl (C=O) groups is 1. The number of aromatic amines is 1. The van der Waals surface area contributed by atoms with E-state index in [9.17, 15) is 9.18 Å². The van der Waals surface area contributed by atoms with Gasteiger partial charge in [-0.15, -0.1) is 0 Å². The van der Waals surface area contributed by atoms with E-state index < -0.39 is 0 Å². The van der Waals surface area contributed by atoms with Crippen molar-refractivity contribution < 1.29 is 9.18 Å². The van der Waals surface area contributed by atoms with Gasteiger partial charge in [0.25, 0.3) is 0 Å². The highest BCUT2D eigenvalue weighted by atomic mass is 19.1. The van der Waals surface area contributed by atoms with Crippen LogP contribution in [0.2, 0.25) is 0 Å². The Morgan fingerprint density at radius 1 is 1.28 bits per heavy atom. The maximum atomic E-state index is 13.8. The average molecular weight is 485 g/mol. The zero-order chi connectivity index (χ0) is 25.2. The Morgan fingerprint density at radius 3 is 2.89 bits per heavy atom. The Kier molecular flexibility index (Phi) is 6.43. The average Bonchev–Trinajstić information content (AvgIpc) is 3.50. The van der Waals surface area contributed by atoms with Crippen molar-refractivity contribution in [2.45, 2.75) is 12.5 Å². The molecule has 3 heterocycles. The number of likely N-dealkylation sites (tertiary alicyclic amines) is 1. The van der Waals surface area contributed by atoms with Crippen LogP contribution in [-0.2, 0) is 4.79 Å². The van der Waals surface area contributed by atoms with E-state index in [0.717, 1.165) is 52.9 Å². The number of rotatable bonds is 7. The van der Waals surface area contributed by atoms with Gasteiger partial charge >= 0.3 is 0 Å². The van der Waals surface area contributed by atoms with Gasteiger partial charge in [-0.25, -0.2) is 9.37 Å². The fraction of sp³-hybridized carbons (Fsp3) is 0.214. The summed E-state index contributed by atoms with van der Waals surface area (Å²) in [5.74, 6) is 0.0916. The number of anilines is 4. The van der Waals surface area contributed by atoms with Gasteiger partial charge in [0.2, 0.25) is 5.91 Å². The van der Waals surface area contributed by atoms with Crippen molar-refractivity contribution in [1.82, 2.24) is 14.9 Å². The molecule has 0 bridgehead atoms. The maximum Gasteiger partial charge on any atom is 0.247 e. The van der Waals surface area contributed by atoms with Crippen LogP contribution in [0.4, 0.5) is 27.3 Å². The minimum Gasteiger partial charge on any atom is -0.369 e. The van der Waals surface area contributed by atoms with Gasteiger partial charge in [-0.3, -0.25) is 4.79 Å². The molecule has 1 atom stereocenters. The Hall–Kier alpha value is -4.17. The molecule has 184 valence electrons. The summed E-state index contributed by atoms with van der Waals surface area (Å²) < 4.78 is 13.8. The SMILES string of the molecule is C=CC(=O)Nc1cc(Nc2cc3c(-c4cccc(F)c4)c[nH]c3cn2)ccc1N(C)C1CCN(C)C1. The molecule has 5 rings (SSSR count). The van der Waals surface area contributed by atoms with Gasteiger partial charge in [-0.2, -0.15) is 0 Å². The number of hydrogen-bond donors (Lipinski definition) is 3. The normalized spacial score (nSPS) is 15.7. The van der Waals surface area contributed by atoms with E-state index >= 15 is 0 Å². The number of halogens is 1. The van der Waals surface area contributed by atoms with Crippen molar-refractivity contribution in [3.8, 4) is 11.1 Å². The molecule has 1 unspecified atom stereocenters. The summed E-state index contributed by atoms with van der Waals surface area (Å²) in [6.45, 7) is 5.61. The number of likely N-dealkylation sites (N-methyl/N-ethyl adjacent to an activating group) is 2. The van der Waals surface area contributed by atoms with Gasteiger partial charge in [0.05, 0.1) is 23.1 Å². The van der Waals surface area contributed by atoms with E-state index in [4.69, 9.17) is 0 Å². The molecule has 0 saturated carbocycles. The zero-order valence-electron chi connectivity index (χ0n) is 20.4. The molecule has 1 saturated heterocycles. The summed E-state index contributed by atoms with van der Waals surface area (Å²) in [5.41, 5.74) is 4.97. The number of aromatic nitrogens is 2. The fourth-order valence-electron chi connectivity index (χ4n) is 4.76. The van der Waals surface area contributed by atoms with Gasteiger partial charge in [0.15, 0.2) is 0 Å². The van der Waals surface area contributed by atoms with E-state index in [-0.39, 0.29) is 11.7 Å². The lowest BCUT2D eigenvalue weighted by Gasteiger charge is -2.29. The molecule has 1 aliphatic rings. The molecule has 7 nitrogen and oxygen atoms in total. The number of fused-ring (bicyclic) bond motifs is 1. The maximum absolute atomic E-state index is 13.8.